The number of rotatable bonds is 9. The Balaban J connectivity index is 1.89. The Hall–Kier alpha value is -3.25. The first kappa shape index (κ1) is 20.5. The van der Waals surface area contributed by atoms with Crippen molar-refractivity contribution in [2.75, 3.05) is 32.3 Å². The normalized spacial score (nSPS) is 10.4. The highest BCUT2D eigenvalue weighted by atomic mass is 32.2. The van der Waals surface area contributed by atoms with E-state index in [1.165, 1.54) is 11.8 Å². The molecule has 29 heavy (non-hydrogen) atoms. The van der Waals surface area contributed by atoms with Gasteiger partial charge in [-0.15, -0.1) is 0 Å². The Morgan fingerprint density at radius 3 is 2.69 bits per heavy atom. The highest BCUT2D eigenvalue weighted by Crippen LogP contribution is 2.34. The van der Waals surface area contributed by atoms with Gasteiger partial charge in [-0.2, -0.15) is 5.26 Å². The third-order valence-electron chi connectivity index (χ3n) is 4.28. The van der Waals surface area contributed by atoms with Crippen LogP contribution in [0.2, 0.25) is 0 Å². The SMILES string of the molecule is COc1ccc(-c2nc(SC)nc(NCCCn3ccnc3)c2C#N)cc1OC. The van der Waals surface area contributed by atoms with Gasteiger partial charge in [0.05, 0.1) is 26.2 Å². The summed E-state index contributed by atoms with van der Waals surface area (Å²) < 4.78 is 12.7. The van der Waals surface area contributed by atoms with Gasteiger partial charge in [-0.05, 0) is 30.9 Å². The van der Waals surface area contributed by atoms with Crippen LogP contribution >= 0.6 is 11.8 Å². The Morgan fingerprint density at radius 1 is 1.21 bits per heavy atom. The Kier molecular flexibility index (Phi) is 6.92. The lowest BCUT2D eigenvalue weighted by atomic mass is 10.1. The van der Waals surface area contributed by atoms with Crippen molar-refractivity contribution in [2.24, 2.45) is 0 Å². The van der Waals surface area contributed by atoms with Crippen LogP contribution in [0.5, 0.6) is 11.5 Å². The summed E-state index contributed by atoms with van der Waals surface area (Å²) in [6.07, 6.45) is 8.23. The van der Waals surface area contributed by atoms with Crippen LogP contribution < -0.4 is 14.8 Å². The first-order valence-corrected chi connectivity index (χ1v) is 10.2. The second kappa shape index (κ2) is 9.80. The molecule has 0 atom stereocenters. The minimum absolute atomic E-state index is 0.401. The molecule has 0 unspecified atom stereocenters. The molecule has 0 aliphatic carbocycles. The third kappa shape index (κ3) is 4.78. The van der Waals surface area contributed by atoms with Crippen molar-refractivity contribution < 1.29 is 9.47 Å². The van der Waals surface area contributed by atoms with E-state index in [9.17, 15) is 5.26 Å². The minimum Gasteiger partial charge on any atom is -0.493 e. The van der Waals surface area contributed by atoms with E-state index in [-0.39, 0.29) is 0 Å². The molecule has 3 rings (SSSR count). The summed E-state index contributed by atoms with van der Waals surface area (Å²) in [6, 6.07) is 7.72. The molecule has 0 saturated carbocycles. The molecule has 1 N–H and O–H groups in total. The van der Waals surface area contributed by atoms with Gasteiger partial charge >= 0.3 is 0 Å². The Morgan fingerprint density at radius 2 is 2.03 bits per heavy atom. The van der Waals surface area contributed by atoms with E-state index in [0.717, 1.165) is 18.5 Å². The summed E-state index contributed by atoms with van der Waals surface area (Å²) >= 11 is 1.43. The van der Waals surface area contributed by atoms with E-state index in [1.54, 1.807) is 32.8 Å². The van der Waals surface area contributed by atoms with Crippen LogP contribution in [0.3, 0.4) is 0 Å². The van der Waals surface area contributed by atoms with Crippen molar-refractivity contribution in [3.05, 3.63) is 42.5 Å². The zero-order valence-electron chi connectivity index (χ0n) is 16.5. The predicted molar refractivity (Wildman–Crippen MR) is 112 cm³/mol. The molecule has 2 aromatic heterocycles. The fourth-order valence-corrected chi connectivity index (χ4v) is 3.21. The molecular formula is C20H22N6O2S. The Labute approximate surface area is 173 Å². The zero-order chi connectivity index (χ0) is 20.6. The average molecular weight is 411 g/mol. The van der Waals surface area contributed by atoms with E-state index in [4.69, 9.17) is 9.47 Å². The number of hydrogen-bond donors (Lipinski definition) is 1. The number of nitrogens with one attached hydrogen (secondary N) is 1. The number of benzene rings is 1. The van der Waals surface area contributed by atoms with Gasteiger partial charge in [0.15, 0.2) is 16.7 Å². The fourth-order valence-electron chi connectivity index (χ4n) is 2.85. The number of hydrogen-bond acceptors (Lipinski definition) is 8. The number of methoxy groups -OCH3 is 2. The average Bonchev–Trinajstić information content (AvgIpc) is 3.29. The number of ether oxygens (including phenoxy) is 2. The maximum absolute atomic E-state index is 9.81. The van der Waals surface area contributed by atoms with Crippen molar-refractivity contribution in [1.82, 2.24) is 19.5 Å². The predicted octanol–water partition coefficient (Wildman–Crippen LogP) is 3.45. The van der Waals surface area contributed by atoms with Crippen LogP contribution in [0.15, 0.2) is 42.1 Å². The van der Waals surface area contributed by atoms with Gasteiger partial charge in [0, 0.05) is 31.0 Å². The summed E-state index contributed by atoms with van der Waals surface area (Å²) in [7, 11) is 3.16. The standard InChI is InChI=1S/C20H22N6O2S/c1-27-16-6-5-14(11-17(16)28-2)18-15(12-21)19(25-20(24-18)29-3)23-7-4-9-26-10-8-22-13-26/h5-6,8,10-11,13H,4,7,9H2,1-3H3,(H,23,24,25). The van der Waals surface area contributed by atoms with Gasteiger partial charge in [0.1, 0.15) is 17.5 Å². The van der Waals surface area contributed by atoms with Gasteiger partial charge in [0.2, 0.25) is 0 Å². The molecule has 150 valence electrons. The lowest BCUT2D eigenvalue weighted by molar-refractivity contribution is 0.355. The van der Waals surface area contributed by atoms with Crippen molar-refractivity contribution in [1.29, 1.82) is 5.26 Å². The number of nitriles is 1. The van der Waals surface area contributed by atoms with Crippen LogP contribution in [0.25, 0.3) is 11.3 Å². The van der Waals surface area contributed by atoms with Crippen LogP contribution in [0.4, 0.5) is 5.82 Å². The summed E-state index contributed by atoms with van der Waals surface area (Å²) in [5.74, 6) is 1.72. The summed E-state index contributed by atoms with van der Waals surface area (Å²) in [6.45, 7) is 1.50. The summed E-state index contributed by atoms with van der Waals surface area (Å²) in [5.41, 5.74) is 1.72. The van der Waals surface area contributed by atoms with Crippen molar-refractivity contribution in [2.45, 2.75) is 18.1 Å². The van der Waals surface area contributed by atoms with E-state index in [0.29, 0.717) is 40.3 Å². The largest absolute Gasteiger partial charge is 0.493 e. The van der Waals surface area contributed by atoms with E-state index >= 15 is 0 Å². The number of aromatic nitrogens is 4. The molecule has 0 amide bonds. The van der Waals surface area contributed by atoms with Gasteiger partial charge in [-0.25, -0.2) is 15.0 Å². The molecule has 2 heterocycles. The number of anilines is 1. The molecule has 0 bridgehead atoms. The Bertz CT molecular complexity index is 1000. The third-order valence-corrected chi connectivity index (χ3v) is 4.83. The van der Waals surface area contributed by atoms with E-state index in [1.807, 2.05) is 29.2 Å². The van der Waals surface area contributed by atoms with E-state index in [2.05, 4.69) is 26.3 Å². The van der Waals surface area contributed by atoms with Gasteiger partial charge < -0.3 is 19.4 Å². The molecule has 0 spiro atoms. The van der Waals surface area contributed by atoms with E-state index < -0.39 is 0 Å². The number of imidazole rings is 1. The van der Waals surface area contributed by atoms with Crippen LogP contribution in [-0.4, -0.2) is 46.5 Å². The van der Waals surface area contributed by atoms with Gasteiger partial charge in [0.25, 0.3) is 0 Å². The fraction of sp³-hybridized carbons (Fsp3) is 0.300. The van der Waals surface area contributed by atoms with Crippen LogP contribution in [0.1, 0.15) is 12.0 Å². The van der Waals surface area contributed by atoms with Crippen molar-refractivity contribution in [3.8, 4) is 28.8 Å². The first-order chi connectivity index (χ1) is 14.2. The number of thioether (sulfide) groups is 1. The summed E-state index contributed by atoms with van der Waals surface area (Å²) in [4.78, 5) is 13.1. The highest BCUT2D eigenvalue weighted by molar-refractivity contribution is 7.98. The molecular weight excluding hydrogens is 388 g/mol. The smallest absolute Gasteiger partial charge is 0.189 e. The molecule has 0 fully saturated rings. The van der Waals surface area contributed by atoms with Crippen molar-refractivity contribution in [3.63, 3.8) is 0 Å². The minimum atomic E-state index is 0.401. The lowest BCUT2D eigenvalue weighted by Gasteiger charge is -2.14. The molecule has 0 radical (unpaired) electrons. The monoisotopic (exact) mass is 410 g/mol. The first-order valence-electron chi connectivity index (χ1n) is 8.98. The second-order valence-corrected chi connectivity index (χ2v) is 6.82. The molecule has 0 saturated heterocycles. The molecule has 3 aromatic rings. The molecule has 9 heteroatoms. The molecule has 0 aliphatic heterocycles. The van der Waals surface area contributed by atoms with Crippen molar-refractivity contribution >= 4 is 17.6 Å². The van der Waals surface area contributed by atoms with Crippen LogP contribution in [0, 0.1) is 11.3 Å². The maximum Gasteiger partial charge on any atom is 0.189 e. The zero-order valence-corrected chi connectivity index (χ0v) is 17.4. The molecule has 0 aliphatic rings. The highest BCUT2D eigenvalue weighted by Gasteiger charge is 2.17. The maximum atomic E-state index is 9.81. The topological polar surface area (TPSA) is 97.9 Å². The van der Waals surface area contributed by atoms with Gasteiger partial charge in [-0.1, -0.05) is 11.8 Å². The number of nitrogens with zero attached hydrogens (tertiary/aromatic N) is 5. The quantitative estimate of drug-likeness (QED) is 0.325. The van der Waals surface area contributed by atoms with Crippen LogP contribution in [-0.2, 0) is 6.54 Å². The van der Waals surface area contributed by atoms with Gasteiger partial charge in [-0.3, -0.25) is 0 Å². The summed E-state index contributed by atoms with van der Waals surface area (Å²) in [5, 5.41) is 13.7. The number of aryl methyl sites for hydroxylation is 1. The second-order valence-electron chi connectivity index (χ2n) is 6.04. The molecule has 1 aromatic carbocycles. The lowest BCUT2D eigenvalue weighted by Crippen LogP contribution is -2.10. The molecule has 8 nitrogen and oxygen atoms in total.